The van der Waals surface area contributed by atoms with Crippen LogP contribution in [0.4, 0.5) is 9.59 Å². The number of carbonyl (C=O) groups excluding carboxylic acids is 4. The van der Waals surface area contributed by atoms with Gasteiger partial charge in [-0.25, -0.2) is 39.5 Å². The maximum absolute atomic E-state index is 12.4. The minimum absolute atomic E-state index is 0. The number of nitrogens with one attached hydrogen (secondary N) is 4. The molecule has 12 aromatic rings. The molecule has 23 heteroatoms. The van der Waals surface area contributed by atoms with Gasteiger partial charge in [-0.1, -0.05) is 126 Å². The average molecular weight is 1510 g/mol. The van der Waals surface area contributed by atoms with Gasteiger partial charge in [0.05, 0.1) is 27.7 Å². The van der Waals surface area contributed by atoms with Crippen LogP contribution in [0, 0.1) is 0 Å². The second-order valence-corrected chi connectivity index (χ2v) is 29.6. The summed E-state index contributed by atoms with van der Waals surface area (Å²) in [6, 6.07) is 52.5. The Morgan fingerprint density at radius 2 is 0.768 bits per heavy atom. The molecule has 3 fully saturated rings. The summed E-state index contributed by atoms with van der Waals surface area (Å²) in [6.45, 7) is 21.1. The van der Waals surface area contributed by atoms with Gasteiger partial charge in [-0.15, -0.1) is 0 Å². The minimum atomic E-state index is -0.575. The van der Waals surface area contributed by atoms with Crippen LogP contribution in [0.15, 0.2) is 189 Å². The average Bonchev–Trinajstić information content (AvgIpc) is 1.66. The number of nitrogens with zero attached hydrogens (tertiary/aromatic N) is 8. The summed E-state index contributed by atoms with van der Waals surface area (Å²) in [5, 5.41) is 3.40. The van der Waals surface area contributed by atoms with E-state index >= 15 is 0 Å². The molecule has 15 rings (SSSR count). The minimum Gasteiger partial charge on any atom is -0.488 e. The summed E-state index contributed by atoms with van der Waals surface area (Å²) >= 11 is 0. The van der Waals surface area contributed by atoms with Crippen molar-refractivity contribution < 1.29 is 42.9 Å². The van der Waals surface area contributed by atoms with Crippen molar-refractivity contribution in [3.05, 3.63) is 239 Å². The Hall–Kier alpha value is -12.2. The maximum atomic E-state index is 12.4. The first kappa shape index (κ1) is 82.3. The van der Waals surface area contributed by atoms with E-state index in [0.717, 1.165) is 124 Å². The Kier molecular flexibility index (Phi) is 27.2. The molecular formula is C89H104N14O9. The number of hydrogen-bond donors (Lipinski definition) is 6. The van der Waals surface area contributed by atoms with Crippen molar-refractivity contribution in [1.82, 2.24) is 60.0 Å². The van der Waals surface area contributed by atoms with Crippen LogP contribution in [-0.2, 0) is 29.3 Å². The van der Waals surface area contributed by atoms with Crippen LogP contribution in [0.2, 0.25) is 0 Å². The third kappa shape index (κ3) is 21.0. The number of hydrogen-bond acceptors (Lipinski definition) is 16. The third-order valence-corrected chi connectivity index (χ3v) is 19.4. The Labute approximate surface area is 655 Å². The molecule has 112 heavy (non-hydrogen) atoms. The van der Waals surface area contributed by atoms with Gasteiger partial charge in [0, 0.05) is 67.0 Å². The highest BCUT2D eigenvalue weighted by molar-refractivity contribution is 5.98. The number of fused-ring (bicyclic) bond motifs is 3. The molecule has 9 heterocycles. The van der Waals surface area contributed by atoms with Gasteiger partial charge in [0.1, 0.15) is 65.7 Å². The van der Waals surface area contributed by atoms with E-state index in [-0.39, 0.29) is 45.9 Å². The molecule has 0 unspecified atom stereocenters. The monoisotopic (exact) mass is 1510 g/mol. The summed E-state index contributed by atoms with van der Waals surface area (Å²) in [6.07, 6.45) is 12.6. The number of rotatable bonds is 18. The van der Waals surface area contributed by atoms with Gasteiger partial charge in [0.15, 0.2) is 16.9 Å². The lowest BCUT2D eigenvalue weighted by Gasteiger charge is -2.33. The number of nitrogens with two attached hydrogens (primary N) is 2. The van der Waals surface area contributed by atoms with Gasteiger partial charge in [-0.2, -0.15) is 0 Å². The Balaban J connectivity index is 0.000000177. The second-order valence-electron chi connectivity index (χ2n) is 29.6. The molecule has 0 aliphatic carbocycles. The molecule has 0 saturated carbocycles. The Morgan fingerprint density at radius 3 is 1.10 bits per heavy atom. The highest BCUT2D eigenvalue weighted by Crippen LogP contribution is 2.36. The normalized spacial score (nSPS) is 14.1. The molecule has 584 valence electrons. The fourth-order valence-electron chi connectivity index (χ4n) is 13.6. The van der Waals surface area contributed by atoms with E-state index in [0.29, 0.717) is 109 Å². The molecule has 8 N–H and O–H groups in total. The predicted molar refractivity (Wildman–Crippen MR) is 442 cm³/mol. The number of carbonyl (C=O) groups is 4. The number of amides is 4. The zero-order valence-corrected chi connectivity index (χ0v) is 62.4. The number of imidazole rings is 3. The number of aromatic nitrogens is 9. The standard InChI is InChI=1S/C31H34N4O3.C30H33N5O4.C25H25N5O2.3CH4/c1-5-22-17-24(11-12-27(22)37-20-21-9-7-6-8-10-21)28-33-26-18-25(19-32-29(26)34-28)23-13-15-35(16-14-23)30(36)38-31(2,3)4;1-30(2,3)39-29(37)35-13-11-20(12-14-35)22-16-24-28(32-17-22)34-27(33-24)21-9-10-25(23(15-21)26(31)36)38-18-19-7-5-4-6-8-19;26-23(31)20-12-18(6-7-22(20)32-15-16-4-2-1-3-5-16)24-29-21-13-19(14-28-25(21)30-24)17-8-10-27-11-9-17;;;/h5-12,17-19,23H,1,13-16,20H2,2-4H3,(H,32,33,34);4-10,15-17,20H,11-14,18H2,1-3H3,(H2,31,36)(H,32,33,34);1-7,12-14,17,27H,8-11,15H2,(H2,26,31)(H,28,29,30);3*1H4. The summed E-state index contributed by atoms with van der Waals surface area (Å²) in [5.74, 6) is 3.66. The Bertz CT molecular complexity index is 5180. The first-order chi connectivity index (χ1) is 52.6. The van der Waals surface area contributed by atoms with Crippen LogP contribution in [-0.4, -0.2) is 129 Å². The number of aromatic amines is 3. The van der Waals surface area contributed by atoms with Crippen molar-refractivity contribution in [3.63, 3.8) is 0 Å². The zero-order chi connectivity index (χ0) is 76.2. The van der Waals surface area contributed by atoms with Gasteiger partial charge in [-0.05, 0) is 217 Å². The fraction of sp³-hybridized carbons (Fsp3) is 0.326. The highest BCUT2D eigenvalue weighted by Gasteiger charge is 2.31. The van der Waals surface area contributed by atoms with Gasteiger partial charge in [0.2, 0.25) is 0 Å². The molecule has 0 radical (unpaired) electrons. The maximum Gasteiger partial charge on any atom is 0.410 e. The van der Waals surface area contributed by atoms with Gasteiger partial charge < -0.3 is 65.2 Å². The number of benzene rings is 6. The Morgan fingerprint density at radius 1 is 0.446 bits per heavy atom. The summed E-state index contributed by atoms with van der Waals surface area (Å²) in [7, 11) is 0. The number of pyridine rings is 3. The smallest absolute Gasteiger partial charge is 0.410 e. The van der Waals surface area contributed by atoms with Crippen molar-refractivity contribution >= 4 is 63.6 Å². The number of primary amides is 2. The van der Waals surface area contributed by atoms with E-state index in [1.165, 1.54) is 5.56 Å². The van der Waals surface area contributed by atoms with Crippen LogP contribution >= 0.6 is 0 Å². The first-order valence-electron chi connectivity index (χ1n) is 37.0. The fourth-order valence-corrected chi connectivity index (χ4v) is 13.6. The molecule has 0 spiro atoms. The van der Waals surface area contributed by atoms with Crippen molar-refractivity contribution in [3.8, 4) is 51.4 Å². The lowest BCUT2D eigenvalue weighted by atomic mass is 9.90. The molecule has 4 amide bonds. The predicted octanol–water partition coefficient (Wildman–Crippen LogP) is 18.1. The topological polar surface area (TPSA) is 310 Å². The van der Waals surface area contributed by atoms with E-state index in [1.807, 2.05) is 181 Å². The lowest BCUT2D eigenvalue weighted by Crippen LogP contribution is -2.41. The van der Waals surface area contributed by atoms with Crippen molar-refractivity contribution in [2.24, 2.45) is 11.5 Å². The van der Waals surface area contributed by atoms with Crippen LogP contribution in [0.1, 0.15) is 180 Å². The SMILES string of the molecule is C.C.C.C=Cc1cc(-c2nc3ncc(C4CCN(C(=O)OC(C)(C)C)CC4)cc3[nH]2)ccc1OCc1ccccc1.CC(C)(C)OC(=O)N1CCC(c2cnc3nc(-c4ccc(OCc5ccccc5)c(C(N)=O)c4)[nH]c3c2)CC1.NC(=O)c1cc(-c2nc3ncc(C4CCNCC4)cc3[nH]2)ccc1OCc1ccccc1. The van der Waals surface area contributed by atoms with E-state index in [4.69, 9.17) is 40.1 Å². The molecule has 0 bridgehead atoms. The van der Waals surface area contributed by atoms with Gasteiger partial charge in [-0.3, -0.25) is 9.59 Å². The molecule has 0 atom stereocenters. The van der Waals surface area contributed by atoms with E-state index < -0.39 is 23.0 Å². The molecule has 23 nitrogen and oxygen atoms in total. The van der Waals surface area contributed by atoms with Gasteiger partial charge >= 0.3 is 12.2 Å². The molecular weight excluding hydrogens is 1410 g/mol. The molecule has 3 saturated heterocycles. The van der Waals surface area contributed by atoms with Crippen LogP contribution < -0.4 is 31.0 Å². The van der Waals surface area contributed by atoms with Crippen molar-refractivity contribution in [2.75, 3.05) is 39.3 Å². The van der Waals surface area contributed by atoms with Crippen molar-refractivity contribution in [2.45, 2.75) is 151 Å². The number of H-pyrrole nitrogens is 3. The van der Waals surface area contributed by atoms with E-state index in [2.05, 4.69) is 70.0 Å². The third-order valence-electron chi connectivity index (χ3n) is 19.4. The largest absolute Gasteiger partial charge is 0.488 e. The molecule has 3 aliphatic rings. The summed E-state index contributed by atoms with van der Waals surface area (Å²) in [4.78, 5) is 90.6. The van der Waals surface area contributed by atoms with Crippen LogP contribution in [0.3, 0.4) is 0 Å². The van der Waals surface area contributed by atoms with E-state index in [9.17, 15) is 19.2 Å². The number of likely N-dealkylation sites (tertiary alicyclic amines) is 2. The first-order valence-corrected chi connectivity index (χ1v) is 37.0. The zero-order valence-electron chi connectivity index (χ0n) is 62.4. The molecule has 6 aromatic heterocycles. The lowest BCUT2D eigenvalue weighted by molar-refractivity contribution is 0.0194. The molecule has 6 aromatic carbocycles. The second kappa shape index (κ2) is 37.0. The summed E-state index contributed by atoms with van der Waals surface area (Å²) in [5.41, 5.74) is 25.4. The highest BCUT2D eigenvalue weighted by atomic mass is 16.6. The van der Waals surface area contributed by atoms with Crippen molar-refractivity contribution in [1.29, 1.82) is 0 Å². The number of piperidine rings is 3. The summed E-state index contributed by atoms with van der Waals surface area (Å²) < 4.78 is 28.8. The quantitative estimate of drug-likeness (QED) is 0.0465. The van der Waals surface area contributed by atoms with Crippen LogP contribution in [0.5, 0.6) is 17.2 Å². The van der Waals surface area contributed by atoms with E-state index in [1.54, 1.807) is 40.1 Å². The van der Waals surface area contributed by atoms with Crippen LogP contribution in [0.25, 0.3) is 73.7 Å². The molecule has 3 aliphatic heterocycles. The number of ether oxygens (including phenoxy) is 5. The van der Waals surface area contributed by atoms with Gasteiger partial charge in [0.25, 0.3) is 11.8 Å².